The number of ketones is 1. The average Bonchev–Trinajstić information content (AvgIpc) is 2.58. The number of benzene rings is 1. The van der Waals surface area contributed by atoms with Crippen molar-refractivity contribution in [2.24, 2.45) is 5.73 Å². The van der Waals surface area contributed by atoms with Crippen molar-refractivity contribution in [2.45, 2.75) is 39.2 Å². The molecule has 1 aliphatic carbocycles. The topological polar surface area (TPSA) is 78.6 Å². The molecule has 0 unspecified atom stereocenters. The van der Waals surface area contributed by atoms with Crippen molar-refractivity contribution in [1.29, 1.82) is 0 Å². The van der Waals surface area contributed by atoms with E-state index in [2.05, 4.69) is 9.47 Å². The van der Waals surface area contributed by atoms with Gasteiger partial charge in [0.05, 0.1) is 19.3 Å². The van der Waals surface area contributed by atoms with Gasteiger partial charge in [0, 0.05) is 6.04 Å². The summed E-state index contributed by atoms with van der Waals surface area (Å²) < 4.78 is 49.7. The Kier molecular flexibility index (Phi) is 8.31. The van der Waals surface area contributed by atoms with Gasteiger partial charge in [0.2, 0.25) is 11.6 Å². The summed E-state index contributed by atoms with van der Waals surface area (Å²) in [6.07, 6.45) is 4.99. The normalized spacial score (nSPS) is 14.0. The Bertz CT molecular complexity index is 700. The van der Waals surface area contributed by atoms with Crippen LogP contribution < -0.4 is 10.5 Å². The molecule has 8 heteroatoms. The maximum absolute atomic E-state index is 14.0. The van der Waals surface area contributed by atoms with Crippen molar-refractivity contribution in [2.75, 3.05) is 13.7 Å². The van der Waals surface area contributed by atoms with Crippen LogP contribution >= 0.6 is 0 Å². The summed E-state index contributed by atoms with van der Waals surface area (Å²) >= 11 is 0. The number of hydrogen-bond donors (Lipinski definition) is 1. The lowest BCUT2D eigenvalue weighted by Gasteiger charge is -2.18. The van der Waals surface area contributed by atoms with E-state index in [1.54, 1.807) is 0 Å². The lowest BCUT2D eigenvalue weighted by molar-refractivity contribution is -0.138. The molecule has 0 aliphatic heterocycles. The molecule has 5 nitrogen and oxygen atoms in total. The van der Waals surface area contributed by atoms with Crippen LogP contribution in [0, 0.1) is 17.5 Å². The quantitative estimate of drug-likeness (QED) is 0.214. The van der Waals surface area contributed by atoms with E-state index in [1.807, 2.05) is 0 Å². The highest BCUT2D eigenvalue weighted by molar-refractivity contribution is 6.24. The molecule has 1 saturated carbocycles. The first-order chi connectivity index (χ1) is 12.3. The van der Waals surface area contributed by atoms with Crippen LogP contribution in [0.5, 0.6) is 5.75 Å². The van der Waals surface area contributed by atoms with Crippen LogP contribution in [0.4, 0.5) is 13.2 Å². The van der Waals surface area contributed by atoms with Crippen molar-refractivity contribution in [3.05, 3.63) is 40.7 Å². The molecule has 2 N–H and O–H groups in total. The molecule has 0 atom stereocenters. The highest BCUT2D eigenvalue weighted by atomic mass is 19.2. The van der Waals surface area contributed by atoms with Crippen molar-refractivity contribution in [3.63, 3.8) is 0 Å². The molecule has 1 aromatic rings. The summed E-state index contributed by atoms with van der Waals surface area (Å²) in [5, 5.41) is 0. The molecule has 2 rings (SSSR count). The summed E-state index contributed by atoms with van der Waals surface area (Å²) in [4.78, 5) is 23.7. The number of halogens is 3. The van der Waals surface area contributed by atoms with Gasteiger partial charge in [-0.15, -0.1) is 0 Å². The number of carbonyl (C=O) groups excluding carboxylic acids is 2. The van der Waals surface area contributed by atoms with Gasteiger partial charge in [0.25, 0.3) is 0 Å². The predicted octanol–water partition coefficient (Wildman–Crippen LogP) is 3.30. The third-order valence-corrected chi connectivity index (χ3v) is 3.74. The summed E-state index contributed by atoms with van der Waals surface area (Å²) in [6, 6.07) is 0.938. The van der Waals surface area contributed by atoms with E-state index in [4.69, 9.17) is 5.73 Å². The molecular weight excluding hydrogens is 351 g/mol. The van der Waals surface area contributed by atoms with Gasteiger partial charge in [-0.3, -0.25) is 4.79 Å². The zero-order chi connectivity index (χ0) is 19.9. The van der Waals surface area contributed by atoms with Gasteiger partial charge in [-0.05, 0) is 32.8 Å². The zero-order valence-electron chi connectivity index (χ0n) is 14.9. The van der Waals surface area contributed by atoms with Gasteiger partial charge < -0.3 is 15.2 Å². The van der Waals surface area contributed by atoms with Gasteiger partial charge in [-0.25, -0.2) is 13.6 Å². The number of hydrogen-bond acceptors (Lipinski definition) is 5. The largest absolute Gasteiger partial charge is 0.491 e. The van der Waals surface area contributed by atoms with Crippen LogP contribution in [-0.2, 0) is 9.53 Å². The molecule has 0 bridgehead atoms. The van der Waals surface area contributed by atoms with E-state index < -0.39 is 46.1 Å². The minimum Gasteiger partial charge on any atom is -0.491 e. The van der Waals surface area contributed by atoms with Crippen molar-refractivity contribution >= 4 is 11.8 Å². The highest BCUT2D eigenvalue weighted by Crippen LogP contribution is 2.28. The van der Waals surface area contributed by atoms with E-state index in [0.717, 1.165) is 13.2 Å². The number of nitrogens with two attached hydrogens (primary N) is 1. The molecule has 1 aromatic carbocycles. The summed E-state index contributed by atoms with van der Waals surface area (Å²) in [5.74, 6) is -7.53. The maximum Gasteiger partial charge on any atom is 0.341 e. The second-order valence-corrected chi connectivity index (χ2v) is 5.51. The maximum atomic E-state index is 14.0. The summed E-state index contributed by atoms with van der Waals surface area (Å²) in [6.45, 7) is 2.89. The Morgan fingerprint density at radius 2 is 1.85 bits per heavy atom. The molecule has 0 spiro atoms. The first kappa shape index (κ1) is 21.7. The summed E-state index contributed by atoms with van der Waals surface area (Å²) in [7, 11) is 0.928. The van der Waals surface area contributed by atoms with Crippen LogP contribution in [0.2, 0.25) is 0 Å². The van der Waals surface area contributed by atoms with Crippen LogP contribution in [0.1, 0.15) is 43.5 Å². The molecule has 0 saturated heterocycles. The number of Topliss-reactive ketones (excluding diaryl/α,β-unsaturated/α-hetero) is 1. The number of esters is 1. The fourth-order valence-corrected chi connectivity index (χ4v) is 2.06. The Morgan fingerprint density at radius 1 is 1.27 bits per heavy atom. The molecule has 0 radical (unpaired) electrons. The second kappa shape index (κ2) is 9.96. The standard InChI is InChI=1S/C14H13F3O4.C4H9N/c1-4-7(14(19)21-5-2)12(18)8-6-9(15)11(17)13(20-3)10(8)16;5-4-2-1-3-4/h4,6H,5H2,1-3H3;4H,1-3,5H2/b7-4-;. The van der Waals surface area contributed by atoms with Crippen LogP contribution in [0.3, 0.4) is 0 Å². The van der Waals surface area contributed by atoms with E-state index in [9.17, 15) is 22.8 Å². The highest BCUT2D eigenvalue weighted by Gasteiger charge is 2.28. The van der Waals surface area contributed by atoms with Gasteiger partial charge in [0.1, 0.15) is 5.57 Å². The fraction of sp³-hybridized carbons (Fsp3) is 0.444. The second-order valence-electron chi connectivity index (χ2n) is 5.51. The Morgan fingerprint density at radius 3 is 2.23 bits per heavy atom. The average molecular weight is 373 g/mol. The molecule has 0 amide bonds. The summed E-state index contributed by atoms with van der Waals surface area (Å²) in [5.41, 5.74) is 4.08. The zero-order valence-corrected chi connectivity index (χ0v) is 14.9. The molecule has 26 heavy (non-hydrogen) atoms. The monoisotopic (exact) mass is 373 g/mol. The third-order valence-electron chi connectivity index (χ3n) is 3.74. The molecule has 144 valence electrons. The van der Waals surface area contributed by atoms with Gasteiger partial charge >= 0.3 is 5.97 Å². The first-order valence-electron chi connectivity index (χ1n) is 8.13. The third kappa shape index (κ3) is 5.08. The molecule has 1 aliphatic rings. The SMILES string of the molecule is C/C=C(\C(=O)OCC)C(=O)c1cc(F)c(F)c(OC)c1F.NC1CCC1. The predicted molar refractivity (Wildman–Crippen MR) is 89.4 cm³/mol. The Balaban J connectivity index is 0.000000577. The van der Waals surface area contributed by atoms with Crippen molar-refractivity contribution in [3.8, 4) is 5.75 Å². The van der Waals surface area contributed by atoms with Crippen LogP contribution in [0.15, 0.2) is 17.7 Å². The number of rotatable bonds is 5. The lowest BCUT2D eigenvalue weighted by Crippen LogP contribution is -2.27. The van der Waals surface area contributed by atoms with E-state index in [1.165, 1.54) is 33.1 Å². The van der Waals surface area contributed by atoms with Gasteiger partial charge in [0.15, 0.2) is 17.4 Å². The van der Waals surface area contributed by atoms with E-state index in [-0.39, 0.29) is 6.61 Å². The minimum absolute atomic E-state index is 0.00698. The van der Waals surface area contributed by atoms with E-state index in [0.29, 0.717) is 12.1 Å². The van der Waals surface area contributed by atoms with Crippen LogP contribution in [-0.4, -0.2) is 31.5 Å². The molecular formula is C18H22F3NO4. The van der Waals surface area contributed by atoms with E-state index >= 15 is 0 Å². The lowest BCUT2D eigenvalue weighted by atomic mass is 9.95. The number of carbonyl (C=O) groups is 2. The fourth-order valence-electron chi connectivity index (χ4n) is 2.06. The van der Waals surface area contributed by atoms with Gasteiger partial charge in [-0.2, -0.15) is 4.39 Å². The molecule has 0 heterocycles. The van der Waals surface area contributed by atoms with Gasteiger partial charge in [-0.1, -0.05) is 12.5 Å². The molecule has 0 aromatic heterocycles. The molecule has 1 fully saturated rings. The number of methoxy groups -OCH3 is 1. The Hall–Kier alpha value is -2.35. The van der Waals surface area contributed by atoms with Crippen molar-refractivity contribution in [1.82, 2.24) is 0 Å². The first-order valence-corrected chi connectivity index (χ1v) is 8.13. The minimum atomic E-state index is -1.55. The van der Waals surface area contributed by atoms with Crippen molar-refractivity contribution < 1.29 is 32.2 Å². The number of ether oxygens (including phenoxy) is 2. The van der Waals surface area contributed by atoms with Crippen LogP contribution in [0.25, 0.3) is 0 Å². The smallest absolute Gasteiger partial charge is 0.341 e. The Labute approximate surface area is 150 Å². The number of allylic oxidation sites excluding steroid dienone is 1.